The van der Waals surface area contributed by atoms with Crippen LogP contribution in [0.1, 0.15) is 26.2 Å². The number of hydrogen-bond acceptors (Lipinski definition) is 5. The predicted octanol–water partition coefficient (Wildman–Crippen LogP) is 3.20. The zero-order valence-electron chi connectivity index (χ0n) is 16.9. The summed E-state index contributed by atoms with van der Waals surface area (Å²) in [6.07, 6.45) is 8.05. The van der Waals surface area contributed by atoms with Crippen LogP contribution >= 0.6 is 11.6 Å². The number of nitrogens with one attached hydrogen (secondary N) is 1. The fourth-order valence-corrected chi connectivity index (χ4v) is 5.32. The number of urea groups is 1. The molecule has 2 aromatic heterocycles. The zero-order chi connectivity index (χ0) is 20.9. The molecular formula is C20H23ClN8O. The van der Waals surface area contributed by atoms with E-state index in [0.29, 0.717) is 34.6 Å². The van der Waals surface area contributed by atoms with Gasteiger partial charge in [-0.2, -0.15) is 5.10 Å². The molecule has 2 aliphatic heterocycles. The van der Waals surface area contributed by atoms with Crippen LogP contribution in [0.25, 0.3) is 11.4 Å². The Bertz CT molecular complexity index is 1080. The highest BCUT2D eigenvalue weighted by molar-refractivity contribution is 6.33. The third-order valence-electron chi connectivity index (χ3n) is 6.12. The minimum absolute atomic E-state index is 0.0894. The minimum Gasteiger partial charge on any atom is -0.318 e. The smallest absolute Gasteiger partial charge is 0.318 e. The Labute approximate surface area is 179 Å². The van der Waals surface area contributed by atoms with Crippen molar-refractivity contribution in [1.82, 2.24) is 34.4 Å². The fraction of sp³-hybridized carbons (Fsp3) is 0.450. The van der Waals surface area contributed by atoms with E-state index >= 15 is 0 Å². The molecule has 1 aromatic carbocycles. The van der Waals surface area contributed by atoms with Gasteiger partial charge in [0.15, 0.2) is 5.82 Å². The number of carbonyl (C=O) groups is 1. The third kappa shape index (κ3) is 3.23. The topological polar surface area (TPSA) is 93.8 Å². The summed E-state index contributed by atoms with van der Waals surface area (Å²) in [7, 11) is 1.80. The molecule has 9 nitrogen and oxygen atoms in total. The highest BCUT2D eigenvalue weighted by Gasteiger charge is 2.58. The van der Waals surface area contributed by atoms with Gasteiger partial charge in [0, 0.05) is 30.9 Å². The second kappa shape index (κ2) is 7.09. The lowest BCUT2D eigenvalue weighted by atomic mass is 9.64. The van der Waals surface area contributed by atoms with Crippen LogP contribution in [0.3, 0.4) is 0 Å². The van der Waals surface area contributed by atoms with E-state index in [2.05, 4.69) is 32.5 Å². The molecule has 10 heteroatoms. The highest BCUT2D eigenvalue weighted by atomic mass is 35.5. The first-order valence-corrected chi connectivity index (χ1v) is 10.4. The molecule has 3 atom stereocenters. The largest absolute Gasteiger partial charge is 0.322 e. The molecule has 4 heterocycles. The summed E-state index contributed by atoms with van der Waals surface area (Å²) in [5.74, 6) is 1.11. The number of aryl methyl sites for hydroxylation is 1. The van der Waals surface area contributed by atoms with E-state index in [4.69, 9.17) is 11.6 Å². The SMILES string of the molecule is C[C@H]1C[C@H]2C[C@@](Cn3cnnc3)(C1)N2C(=O)Nc1ccc(Cl)c(-c2ncn(C)n2)c1. The molecule has 1 N–H and O–H groups in total. The number of nitrogens with zero attached hydrogens (tertiary/aromatic N) is 7. The Kier molecular flexibility index (Phi) is 4.50. The van der Waals surface area contributed by atoms with E-state index in [1.54, 1.807) is 42.8 Å². The summed E-state index contributed by atoms with van der Waals surface area (Å²) in [5, 5.41) is 15.7. The van der Waals surface area contributed by atoms with Crippen LogP contribution < -0.4 is 5.32 Å². The molecule has 0 radical (unpaired) electrons. The van der Waals surface area contributed by atoms with Crippen LogP contribution in [-0.4, -0.2) is 52.0 Å². The molecule has 1 aliphatic carbocycles. The third-order valence-corrected chi connectivity index (χ3v) is 6.44. The van der Waals surface area contributed by atoms with Gasteiger partial charge in [-0.05, 0) is 43.4 Å². The normalized spacial score (nSPS) is 25.1. The van der Waals surface area contributed by atoms with Crippen LogP contribution in [0.5, 0.6) is 0 Å². The number of amides is 2. The number of piperidine rings is 1. The van der Waals surface area contributed by atoms with Crippen molar-refractivity contribution in [2.24, 2.45) is 13.0 Å². The van der Waals surface area contributed by atoms with Crippen molar-refractivity contribution >= 4 is 23.3 Å². The second-order valence-corrected chi connectivity index (χ2v) is 8.91. The summed E-state index contributed by atoms with van der Waals surface area (Å²) in [6.45, 7) is 2.96. The average Bonchev–Trinajstić information content (AvgIpc) is 3.34. The number of aromatic nitrogens is 6. The molecule has 156 valence electrons. The van der Waals surface area contributed by atoms with Crippen molar-refractivity contribution in [3.05, 3.63) is 42.2 Å². The Hall–Kier alpha value is -2.94. The van der Waals surface area contributed by atoms with Crippen molar-refractivity contribution in [2.45, 2.75) is 44.3 Å². The molecule has 0 spiro atoms. The van der Waals surface area contributed by atoms with Crippen molar-refractivity contribution in [3.8, 4) is 11.4 Å². The van der Waals surface area contributed by atoms with E-state index in [1.165, 1.54) is 0 Å². The quantitative estimate of drug-likeness (QED) is 0.691. The van der Waals surface area contributed by atoms with Crippen LogP contribution in [0.15, 0.2) is 37.2 Å². The lowest BCUT2D eigenvalue weighted by Crippen LogP contribution is -2.73. The number of carbonyl (C=O) groups excluding carboxylic acids is 1. The number of anilines is 1. The summed E-state index contributed by atoms with van der Waals surface area (Å²) < 4.78 is 3.58. The lowest BCUT2D eigenvalue weighted by molar-refractivity contribution is -0.0988. The summed E-state index contributed by atoms with van der Waals surface area (Å²) >= 11 is 6.35. The highest BCUT2D eigenvalue weighted by Crippen LogP contribution is 2.50. The first-order valence-electron chi connectivity index (χ1n) is 10.0. The van der Waals surface area contributed by atoms with E-state index in [9.17, 15) is 4.79 Å². The fourth-order valence-electron chi connectivity index (χ4n) is 5.12. The first kappa shape index (κ1) is 19.0. The number of benzene rings is 1. The van der Waals surface area contributed by atoms with Gasteiger partial charge in [-0.25, -0.2) is 9.78 Å². The Morgan fingerprint density at radius 1 is 1.27 bits per heavy atom. The van der Waals surface area contributed by atoms with Crippen molar-refractivity contribution in [2.75, 3.05) is 5.32 Å². The Balaban J connectivity index is 1.38. The van der Waals surface area contributed by atoms with Gasteiger partial charge in [0.1, 0.15) is 19.0 Å². The van der Waals surface area contributed by atoms with Gasteiger partial charge in [-0.1, -0.05) is 18.5 Å². The van der Waals surface area contributed by atoms with E-state index < -0.39 is 0 Å². The predicted molar refractivity (Wildman–Crippen MR) is 112 cm³/mol. The standard InChI is InChI=1S/C20H23ClN8O/c1-13-5-15-8-20(7-13,9-28-11-23-24-12-28)29(15)19(30)25-14-3-4-17(21)16(6-14)18-22-10-27(2)26-18/h3-4,6,10-13,15H,5,7-9H2,1-2H3,(H,25,30)/t13-,15-,20+/m0/s1. The molecule has 3 fully saturated rings. The van der Waals surface area contributed by atoms with Crippen LogP contribution in [0.4, 0.5) is 10.5 Å². The van der Waals surface area contributed by atoms with Gasteiger partial charge >= 0.3 is 6.03 Å². The van der Waals surface area contributed by atoms with Gasteiger partial charge in [0.2, 0.25) is 0 Å². The van der Waals surface area contributed by atoms with Crippen LogP contribution in [-0.2, 0) is 13.6 Å². The lowest BCUT2D eigenvalue weighted by Gasteiger charge is -2.63. The molecule has 2 amide bonds. The molecule has 3 aliphatic rings. The molecule has 2 bridgehead atoms. The van der Waals surface area contributed by atoms with Gasteiger partial charge < -0.3 is 14.8 Å². The Morgan fingerprint density at radius 2 is 2.07 bits per heavy atom. The number of halogens is 1. The van der Waals surface area contributed by atoms with Crippen molar-refractivity contribution in [3.63, 3.8) is 0 Å². The van der Waals surface area contributed by atoms with Crippen molar-refractivity contribution in [1.29, 1.82) is 0 Å². The van der Waals surface area contributed by atoms with Gasteiger partial charge in [0.05, 0.1) is 10.6 Å². The summed E-state index contributed by atoms with van der Waals surface area (Å²) in [6, 6.07) is 5.55. The molecule has 0 unspecified atom stereocenters. The minimum atomic E-state index is -0.202. The van der Waals surface area contributed by atoms with Crippen LogP contribution in [0, 0.1) is 5.92 Å². The monoisotopic (exact) mass is 426 g/mol. The summed E-state index contributed by atoms with van der Waals surface area (Å²) in [4.78, 5) is 19.6. The maximum Gasteiger partial charge on any atom is 0.322 e. The maximum atomic E-state index is 13.3. The summed E-state index contributed by atoms with van der Waals surface area (Å²) in [5.41, 5.74) is 1.16. The number of rotatable bonds is 4. The average molecular weight is 427 g/mol. The van der Waals surface area contributed by atoms with Gasteiger partial charge in [-0.15, -0.1) is 10.2 Å². The molecule has 6 rings (SSSR count). The molecule has 3 aromatic rings. The maximum absolute atomic E-state index is 13.3. The molecule has 2 saturated heterocycles. The van der Waals surface area contributed by atoms with Gasteiger partial charge in [0.25, 0.3) is 0 Å². The second-order valence-electron chi connectivity index (χ2n) is 8.50. The van der Waals surface area contributed by atoms with E-state index in [1.807, 2.05) is 15.5 Å². The Morgan fingerprint density at radius 3 is 2.80 bits per heavy atom. The van der Waals surface area contributed by atoms with E-state index in [0.717, 1.165) is 19.3 Å². The van der Waals surface area contributed by atoms with E-state index in [-0.39, 0.29) is 17.6 Å². The number of hydrogen-bond donors (Lipinski definition) is 1. The molecule has 1 saturated carbocycles. The van der Waals surface area contributed by atoms with Crippen LogP contribution in [0.2, 0.25) is 5.02 Å². The first-order chi connectivity index (χ1) is 14.4. The van der Waals surface area contributed by atoms with Crippen molar-refractivity contribution < 1.29 is 4.79 Å². The number of fused-ring (bicyclic) bond motifs is 2. The van der Waals surface area contributed by atoms with Gasteiger partial charge in [-0.3, -0.25) is 4.68 Å². The molecular weight excluding hydrogens is 404 g/mol. The molecule has 30 heavy (non-hydrogen) atoms. The zero-order valence-corrected chi connectivity index (χ0v) is 17.6.